The van der Waals surface area contributed by atoms with Crippen LogP contribution in [0.1, 0.15) is 12.7 Å². The zero-order valence-corrected chi connectivity index (χ0v) is 19.5. The fourth-order valence-corrected chi connectivity index (χ4v) is 3.93. The summed E-state index contributed by atoms with van der Waals surface area (Å²) in [5, 5.41) is 13.5. The minimum atomic E-state index is -0.201. The lowest BCUT2D eigenvalue weighted by Gasteiger charge is -2.10. The van der Waals surface area contributed by atoms with Gasteiger partial charge in [-0.2, -0.15) is 0 Å². The predicted molar refractivity (Wildman–Crippen MR) is 122 cm³/mol. The van der Waals surface area contributed by atoms with Crippen LogP contribution in [-0.4, -0.2) is 26.4 Å². The highest BCUT2D eigenvalue weighted by Crippen LogP contribution is 2.29. The molecule has 6 nitrogen and oxygen atoms in total. The number of anilines is 1. The second-order valence-corrected chi connectivity index (χ2v) is 8.57. The largest absolute Gasteiger partial charge is 0.484 e. The summed E-state index contributed by atoms with van der Waals surface area (Å²) in [4.78, 5) is 12.3. The van der Waals surface area contributed by atoms with Crippen LogP contribution in [-0.2, 0) is 17.9 Å². The van der Waals surface area contributed by atoms with E-state index in [0.717, 1.165) is 0 Å². The molecule has 3 aromatic rings. The predicted octanol–water partition coefficient (Wildman–Crippen LogP) is 6.22. The van der Waals surface area contributed by atoms with Crippen LogP contribution in [0.2, 0.25) is 20.1 Å². The van der Waals surface area contributed by atoms with Gasteiger partial charge in [0, 0.05) is 23.3 Å². The molecule has 1 amide bonds. The van der Waals surface area contributed by atoms with E-state index in [-0.39, 0.29) is 18.3 Å². The Morgan fingerprint density at radius 2 is 1.83 bits per heavy atom. The van der Waals surface area contributed by atoms with Crippen molar-refractivity contribution in [3.63, 3.8) is 0 Å². The zero-order chi connectivity index (χ0) is 21.7. The van der Waals surface area contributed by atoms with Crippen LogP contribution in [0, 0.1) is 0 Å². The molecule has 1 heterocycles. The van der Waals surface area contributed by atoms with Crippen LogP contribution in [0.4, 0.5) is 5.69 Å². The van der Waals surface area contributed by atoms with Crippen molar-refractivity contribution in [3.8, 4) is 5.75 Å². The number of rotatable bonds is 8. The molecule has 0 spiro atoms. The van der Waals surface area contributed by atoms with E-state index < -0.39 is 0 Å². The first-order chi connectivity index (χ1) is 14.4. The van der Waals surface area contributed by atoms with Crippen molar-refractivity contribution in [3.05, 3.63) is 62.3 Å². The molecule has 0 fully saturated rings. The summed E-state index contributed by atoms with van der Waals surface area (Å²) in [6.07, 6.45) is 0. The highest BCUT2D eigenvalue weighted by Gasteiger charge is 2.15. The standard InChI is InChI=1S/C19H16Cl4N4O2S/c1-2-27-17(9-29-16-7-11(20)3-5-14(16)22)25-26-19(27)30-10-18(28)24-12-4-6-13(21)15(23)8-12/h3-8H,2,9-10H2,1H3,(H,24,28). The van der Waals surface area contributed by atoms with Crippen molar-refractivity contribution >= 4 is 69.8 Å². The summed E-state index contributed by atoms with van der Waals surface area (Å²) in [5.41, 5.74) is 0.569. The number of benzene rings is 2. The Kier molecular flexibility index (Phi) is 8.13. The molecule has 0 atom stereocenters. The molecule has 0 aliphatic carbocycles. The highest BCUT2D eigenvalue weighted by atomic mass is 35.5. The van der Waals surface area contributed by atoms with E-state index in [1.807, 2.05) is 11.5 Å². The Labute approximate surface area is 197 Å². The summed E-state index contributed by atoms with van der Waals surface area (Å²) in [6, 6.07) is 9.89. The van der Waals surface area contributed by atoms with Crippen molar-refractivity contribution in [1.82, 2.24) is 14.8 Å². The average Bonchev–Trinajstić information content (AvgIpc) is 3.11. The second-order valence-electron chi connectivity index (χ2n) is 5.97. The number of nitrogens with zero attached hydrogens (tertiary/aromatic N) is 3. The van der Waals surface area contributed by atoms with Gasteiger partial charge in [0.25, 0.3) is 0 Å². The van der Waals surface area contributed by atoms with Crippen molar-refractivity contribution in [2.75, 3.05) is 11.1 Å². The molecule has 1 N–H and O–H groups in total. The van der Waals surface area contributed by atoms with Gasteiger partial charge >= 0.3 is 0 Å². The first-order valence-corrected chi connectivity index (χ1v) is 11.2. The van der Waals surface area contributed by atoms with E-state index in [4.69, 9.17) is 51.1 Å². The fourth-order valence-electron chi connectivity index (χ4n) is 2.48. The number of carbonyl (C=O) groups is 1. The lowest BCUT2D eigenvalue weighted by atomic mass is 10.3. The first kappa shape index (κ1) is 23.0. The van der Waals surface area contributed by atoms with Gasteiger partial charge in [-0.05, 0) is 37.3 Å². The maximum absolute atomic E-state index is 12.3. The second kappa shape index (κ2) is 10.6. The van der Waals surface area contributed by atoms with Gasteiger partial charge in [-0.3, -0.25) is 4.79 Å². The smallest absolute Gasteiger partial charge is 0.234 e. The highest BCUT2D eigenvalue weighted by molar-refractivity contribution is 7.99. The van der Waals surface area contributed by atoms with E-state index in [1.165, 1.54) is 11.8 Å². The van der Waals surface area contributed by atoms with Gasteiger partial charge in [-0.1, -0.05) is 58.2 Å². The molecule has 158 valence electrons. The summed E-state index contributed by atoms with van der Waals surface area (Å²) in [5.74, 6) is 1.03. The van der Waals surface area contributed by atoms with Gasteiger partial charge < -0.3 is 14.6 Å². The molecule has 30 heavy (non-hydrogen) atoms. The number of amides is 1. The van der Waals surface area contributed by atoms with Crippen LogP contribution < -0.4 is 10.1 Å². The van der Waals surface area contributed by atoms with Gasteiger partial charge in [0.2, 0.25) is 5.91 Å². The van der Waals surface area contributed by atoms with E-state index in [9.17, 15) is 4.79 Å². The Morgan fingerprint density at radius 1 is 1.07 bits per heavy atom. The molecule has 0 saturated carbocycles. The van der Waals surface area contributed by atoms with Crippen molar-refractivity contribution in [2.45, 2.75) is 25.2 Å². The quantitative estimate of drug-likeness (QED) is 0.368. The molecule has 0 aliphatic rings. The summed E-state index contributed by atoms with van der Waals surface area (Å²) in [6.45, 7) is 2.74. The van der Waals surface area contributed by atoms with Crippen LogP contribution in [0.5, 0.6) is 5.75 Å². The summed E-state index contributed by atoms with van der Waals surface area (Å²) < 4.78 is 7.60. The number of nitrogens with one attached hydrogen (secondary N) is 1. The maximum atomic E-state index is 12.3. The molecule has 0 unspecified atom stereocenters. The Bertz CT molecular complexity index is 1060. The third-order valence-electron chi connectivity index (χ3n) is 3.90. The maximum Gasteiger partial charge on any atom is 0.234 e. The number of hydrogen-bond acceptors (Lipinski definition) is 5. The Morgan fingerprint density at radius 3 is 2.57 bits per heavy atom. The first-order valence-electron chi connectivity index (χ1n) is 8.75. The molecule has 3 rings (SSSR count). The van der Waals surface area contributed by atoms with Gasteiger partial charge in [0.1, 0.15) is 12.4 Å². The van der Waals surface area contributed by atoms with Crippen LogP contribution in [0.15, 0.2) is 41.6 Å². The number of thioether (sulfide) groups is 1. The topological polar surface area (TPSA) is 69.0 Å². The minimum absolute atomic E-state index is 0.152. The fraction of sp³-hybridized carbons (Fsp3) is 0.211. The van der Waals surface area contributed by atoms with E-state index in [0.29, 0.717) is 49.1 Å². The molecule has 0 saturated heterocycles. The van der Waals surface area contributed by atoms with Crippen LogP contribution >= 0.6 is 58.2 Å². The Balaban J connectivity index is 1.60. The third-order valence-corrected chi connectivity index (χ3v) is 6.15. The van der Waals surface area contributed by atoms with Crippen molar-refractivity contribution in [1.29, 1.82) is 0 Å². The van der Waals surface area contributed by atoms with Crippen LogP contribution in [0.3, 0.4) is 0 Å². The van der Waals surface area contributed by atoms with Crippen molar-refractivity contribution in [2.24, 2.45) is 0 Å². The molecule has 0 aliphatic heterocycles. The molecule has 2 aromatic carbocycles. The van der Waals surface area contributed by atoms with Gasteiger partial charge in [0.05, 0.1) is 20.8 Å². The monoisotopic (exact) mass is 504 g/mol. The van der Waals surface area contributed by atoms with E-state index in [2.05, 4.69) is 15.5 Å². The molecule has 1 aromatic heterocycles. The number of hydrogen-bond donors (Lipinski definition) is 1. The number of carbonyl (C=O) groups excluding carboxylic acids is 1. The molecular weight excluding hydrogens is 490 g/mol. The number of aromatic nitrogens is 3. The summed E-state index contributed by atoms with van der Waals surface area (Å²) >= 11 is 25.2. The lowest BCUT2D eigenvalue weighted by Crippen LogP contribution is -2.15. The summed E-state index contributed by atoms with van der Waals surface area (Å²) in [7, 11) is 0. The molecule has 0 bridgehead atoms. The van der Waals surface area contributed by atoms with Crippen molar-refractivity contribution < 1.29 is 9.53 Å². The number of halogens is 4. The van der Waals surface area contributed by atoms with Gasteiger partial charge in [-0.15, -0.1) is 10.2 Å². The van der Waals surface area contributed by atoms with Gasteiger partial charge in [0.15, 0.2) is 11.0 Å². The third kappa shape index (κ3) is 5.95. The molecular formula is C19H16Cl4N4O2S. The van der Waals surface area contributed by atoms with Gasteiger partial charge in [-0.25, -0.2) is 0 Å². The lowest BCUT2D eigenvalue weighted by molar-refractivity contribution is -0.113. The number of ether oxygens (including phenoxy) is 1. The molecule has 11 heteroatoms. The molecule has 0 radical (unpaired) electrons. The van der Waals surface area contributed by atoms with E-state index >= 15 is 0 Å². The van der Waals surface area contributed by atoms with E-state index in [1.54, 1.807) is 36.4 Å². The average molecular weight is 506 g/mol. The minimum Gasteiger partial charge on any atom is -0.484 e. The Hall–Kier alpha value is -1.64. The zero-order valence-electron chi connectivity index (χ0n) is 15.7. The SMILES string of the molecule is CCn1c(COc2cc(Cl)ccc2Cl)nnc1SCC(=O)Nc1ccc(Cl)c(Cl)c1. The normalized spacial score (nSPS) is 10.8. The van der Waals surface area contributed by atoms with Crippen LogP contribution in [0.25, 0.3) is 0 Å².